The van der Waals surface area contributed by atoms with E-state index in [1.54, 1.807) is 11.8 Å². The first-order chi connectivity index (χ1) is 11.6. The maximum atomic E-state index is 12.3. The van der Waals surface area contributed by atoms with Crippen LogP contribution < -0.4 is 10.1 Å². The summed E-state index contributed by atoms with van der Waals surface area (Å²) in [5.74, 6) is 1.57. The number of ether oxygens (including phenoxy) is 1. The monoisotopic (exact) mass is 343 g/mol. The Morgan fingerprint density at radius 1 is 1.17 bits per heavy atom. The molecular weight excluding hydrogens is 318 g/mol. The molecular formula is C20H25NO2S. The lowest BCUT2D eigenvalue weighted by molar-refractivity contribution is -0.128. The van der Waals surface area contributed by atoms with E-state index in [-0.39, 0.29) is 5.91 Å². The van der Waals surface area contributed by atoms with Crippen molar-refractivity contribution in [2.75, 3.05) is 12.3 Å². The van der Waals surface area contributed by atoms with E-state index in [0.717, 1.165) is 17.1 Å². The van der Waals surface area contributed by atoms with Crippen molar-refractivity contribution in [3.05, 3.63) is 59.7 Å². The molecule has 0 fully saturated rings. The molecule has 0 aliphatic rings. The van der Waals surface area contributed by atoms with Crippen molar-refractivity contribution >= 4 is 17.7 Å². The first-order valence-electron chi connectivity index (χ1n) is 8.29. The number of amides is 1. The minimum atomic E-state index is -0.451. The quantitative estimate of drug-likeness (QED) is 0.571. The molecule has 0 heterocycles. The van der Waals surface area contributed by atoms with Crippen LogP contribution in [0.1, 0.15) is 24.5 Å². The fraction of sp³-hybridized carbons (Fsp3) is 0.350. The molecule has 3 nitrogen and oxygen atoms in total. The molecule has 128 valence electrons. The van der Waals surface area contributed by atoms with Crippen molar-refractivity contribution in [2.45, 2.75) is 38.2 Å². The van der Waals surface area contributed by atoms with Gasteiger partial charge >= 0.3 is 0 Å². The third-order valence-electron chi connectivity index (χ3n) is 3.68. The van der Waals surface area contributed by atoms with Gasteiger partial charge in [0.2, 0.25) is 0 Å². The van der Waals surface area contributed by atoms with E-state index >= 15 is 0 Å². The Balaban J connectivity index is 1.80. The van der Waals surface area contributed by atoms with Crippen LogP contribution in [0.25, 0.3) is 0 Å². The second kappa shape index (κ2) is 9.38. The van der Waals surface area contributed by atoms with Gasteiger partial charge in [-0.3, -0.25) is 4.79 Å². The van der Waals surface area contributed by atoms with Gasteiger partial charge in [0.05, 0.1) is 0 Å². The zero-order valence-corrected chi connectivity index (χ0v) is 15.4. The molecule has 1 N–H and O–H groups in total. The summed E-state index contributed by atoms with van der Waals surface area (Å²) < 4.78 is 5.91. The normalized spacial score (nSPS) is 11.8. The predicted octanol–water partition coefficient (Wildman–Crippen LogP) is 4.37. The van der Waals surface area contributed by atoms with Crippen molar-refractivity contribution in [3.63, 3.8) is 0 Å². The first kappa shape index (κ1) is 18.4. The highest BCUT2D eigenvalue weighted by atomic mass is 32.2. The lowest BCUT2D eigenvalue weighted by Gasteiger charge is -2.18. The summed E-state index contributed by atoms with van der Waals surface area (Å²) in [5, 5.41) is 2.97. The van der Waals surface area contributed by atoms with Crippen LogP contribution in [0.4, 0.5) is 0 Å². The Morgan fingerprint density at radius 3 is 2.58 bits per heavy atom. The maximum absolute atomic E-state index is 12.3. The van der Waals surface area contributed by atoms with Crippen LogP contribution >= 0.6 is 11.8 Å². The highest BCUT2D eigenvalue weighted by Crippen LogP contribution is 2.21. The topological polar surface area (TPSA) is 38.3 Å². The molecule has 0 bridgehead atoms. The lowest BCUT2D eigenvalue weighted by Crippen LogP contribution is -2.39. The summed E-state index contributed by atoms with van der Waals surface area (Å²) >= 11 is 1.73. The summed E-state index contributed by atoms with van der Waals surface area (Å²) in [6.45, 7) is 6.65. The molecule has 0 aliphatic heterocycles. The van der Waals surface area contributed by atoms with Crippen LogP contribution in [0, 0.1) is 13.8 Å². The average molecular weight is 343 g/mol. The minimum absolute atomic E-state index is 0.0499. The summed E-state index contributed by atoms with van der Waals surface area (Å²) in [5.41, 5.74) is 2.25. The third kappa shape index (κ3) is 5.60. The van der Waals surface area contributed by atoms with E-state index in [2.05, 4.69) is 23.5 Å². The number of hydrogen-bond donors (Lipinski definition) is 1. The average Bonchev–Trinajstić information content (AvgIpc) is 2.59. The second-order valence-electron chi connectivity index (χ2n) is 5.74. The number of rotatable bonds is 8. The fourth-order valence-corrected chi connectivity index (χ4v) is 3.17. The number of nitrogens with one attached hydrogen (secondary N) is 1. The van der Waals surface area contributed by atoms with Gasteiger partial charge in [-0.05, 0) is 44.0 Å². The van der Waals surface area contributed by atoms with Gasteiger partial charge in [-0.25, -0.2) is 0 Å². The number of carbonyl (C=O) groups excluding carboxylic acids is 1. The molecule has 1 atom stereocenters. The molecule has 2 rings (SSSR count). The summed E-state index contributed by atoms with van der Waals surface area (Å²) in [7, 11) is 0. The van der Waals surface area contributed by atoms with E-state index in [0.29, 0.717) is 13.0 Å². The predicted molar refractivity (Wildman–Crippen MR) is 101 cm³/mol. The zero-order chi connectivity index (χ0) is 17.4. The summed E-state index contributed by atoms with van der Waals surface area (Å²) in [6, 6.07) is 16.2. The molecule has 0 aliphatic carbocycles. The van der Waals surface area contributed by atoms with Crippen LogP contribution in [-0.4, -0.2) is 24.3 Å². The number of hydrogen-bond acceptors (Lipinski definition) is 3. The molecule has 0 aromatic heterocycles. The lowest BCUT2D eigenvalue weighted by atomic mass is 10.1. The molecule has 24 heavy (non-hydrogen) atoms. The third-order valence-corrected chi connectivity index (χ3v) is 4.69. The van der Waals surface area contributed by atoms with Crippen molar-refractivity contribution < 1.29 is 9.53 Å². The zero-order valence-electron chi connectivity index (χ0n) is 14.5. The van der Waals surface area contributed by atoms with Gasteiger partial charge in [0.1, 0.15) is 5.75 Å². The first-order valence-corrected chi connectivity index (χ1v) is 9.28. The van der Waals surface area contributed by atoms with Gasteiger partial charge in [-0.1, -0.05) is 42.8 Å². The van der Waals surface area contributed by atoms with E-state index in [1.807, 2.05) is 51.1 Å². The molecule has 0 saturated carbocycles. The van der Waals surface area contributed by atoms with Crippen LogP contribution in [0.3, 0.4) is 0 Å². The SMILES string of the molecule is CC[C@H](Oc1ccc(C)cc1C)C(=O)NCCSc1ccccc1. The summed E-state index contributed by atoms with van der Waals surface area (Å²) in [4.78, 5) is 13.5. The van der Waals surface area contributed by atoms with Gasteiger partial charge in [0, 0.05) is 17.2 Å². The Morgan fingerprint density at radius 2 is 1.92 bits per heavy atom. The molecule has 0 unspecified atom stereocenters. The van der Waals surface area contributed by atoms with Crippen LogP contribution in [0.2, 0.25) is 0 Å². The highest BCUT2D eigenvalue weighted by molar-refractivity contribution is 7.99. The van der Waals surface area contributed by atoms with Gasteiger partial charge in [0.15, 0.2) is 6.10 Å². The van der Waals surface area contributed by atoms with Crippen LogP contribution in [0.15, 0.2) is 53.4 Å². The molecule has 2 aromatic rings. The van der Waals surface area contributed by atoms with Crippen molar-refractivity contribution in [3.8, 4) is 5.75 Å². The molecule has 0 radical (unpaired) electrons. The number of thioether (sulfide) groups is 1. The van der Waals surface area contributed by atoms with Gasteiger partial charge in [-0.2, -0.15) is 0 Å². The Kier molecular flexibility index (Phi) is 7.19. The number of aryl methyl sites for hydroxylation is 2. The Hall–Kier alpha value is -1.94. The Labute approximate surface area is 148 Å². The van der Waals surface area contributed by atoms with Gasteiger partial charge in [-0.15, -0.1) is 11.8 Å². The number of benzene rings is 2. The molecule has 4 heteroatoms. The number of carbonyl (C=O) groups is 1. The smallest absolute Gasteiger partial charge is 0.261 e. The van der Waals surface area contributed by atoms with Crippen molar-refractivity contribution in [2.24, 2.45) is 0 Å². The van der Waals surface area contributed by atoms with E-state index in [1.165, 1.54) is 10.5 Å². The minimum Gasteiger partial charge on any atom is -0.480 e. The van der Waals surface area contributed by atoms with E-state index in [9.17, 15) is 4.79 Å². The Bertz CT molecular complexity index is 658. The van der Waals surface area contributed by atoms with E-state index < -0.39 is 6.10 Å². The molecule has 0 saturated heterocycles. The van der Waals surface area contributed by atoms with E-state index in [4.69, 9.17) is 4.74 Å². The highest BCUT2D eigenvalue weighted by Gasteiger charge is 2.18. The maximum Gasteiger partial charge on any atom is 0.261 e. The van der Waals surface area contributed by atoms with Gasteiger partial charge < -0.3 is 10.1 Å². The van der Waals surface area contributed by atoms with Crippen LogP contribution in [-0.2, 0) is 4.79 Å². The van der Waals surface area contributed by atoms with Gasteiger partial charge in [0.25, 0.3) is 5.91 Å². The largest absolute Gasteiger partial charge is 0.480 e. The van der Waals surface area contributed by atoms with Crippen molar-refractivity contribution in [1.29, 1.82) is 0 Å². The fourth-order valence-electron chi connectivity index (χ4n) is 2.38. The summed E-state index contributed by atoms with van der Waals surface area (Å²) in [6.07, 6.45) is 0.193. The van der Waals surface area contributed by atoms with Crippen molar-refractivity contribution in [1.82, 2.24) is 5.32 Å². The molecule has 1 amide bonds. The van der Waals surface area contributed by atoms with Crippen LogP contribution in [0.5, 0.6) is 5.75 Å². The standard InChI is InChI=1S/C20H25NO2S/c1-4-18(23-19-11-10-15(2)14-16(19)3)20(22)21-12-13-24-17-8-6-5-7-9-17/h5-11,14,18H,4,12-13H2,1-3H3,(H,21,22)/t18-/m0/s1. The molecule has 0 spiro atoms. The second-order valence-corrected chi connectivity index (χ2v) is 6.90. The molecule has 2 aromatic carbocycles.